The predicted molar refractivity (Wildman–Crippen MR) is 173 cm³/mol. The molecule has 0 spiro atoms. The number of alkyl halides is 6. The zero-order valence-corrected chi connectivity index (χ0v) is 25.7. The van der Waals surface area contributed by atoms with E-state index in [9.17, 15) is 26.3 Å². The molecule has 3 atom stereocenters. The van der Waals surface area contributed by atoms with Crippen molar-refractivity contribution in [1.29, 1.82) is 0 Å². The molecule has 0 fully saturated rings. The van der Waals surface area contributed by atoms with E-state index in [2.05, 4.69) is 10.3 Å². The molecule has 0 bridgehead atoms. The van der Waals surface area contributed by atoms with E-state index in [1.807, 2.05) is 81.4 Å². The molecule has 0 aliphatic rings. The van der Waals surface area contributed by atoms with Crippen LogP contribution >= 0.6 is 0 Å². The van der Waals surface area contributed by atoms with Gasteiger partial charge in [0, 0.05) is 17.8 Å². The van der Waals surface area contributed by atoms with E-state index in [0.717, 1.165) is 23.3 Å². The summed E-state index contributed by atoms with van der Waals surface area (Å²) in [6.07, 6.45) is -8.66. The molecule has 0 saturated heterocycles. The van der Waals surface area contributed by atoms with Crippen molar-refractivity contribution in [2.24, 2.45) is 4.99 Å². The van der Waals surface area contributed by atoms with Crippen LogP contribution < -0.4 is 5.32 Å². The van der Waals surface area contributed by atoms with Gasteiger partial charge in [0.2, 0.25) is 0 Å². The first-order chi connectivity index (χ1) is 20.5. The first-order valence-electron chi connectivity index (χ1n) is 14.3. The molecule has 4 aromatic carbocycles. The number of aliphatic imine (C=N–C) groups is 1. The highest BCUT2D eigenvalue weighted by Gasteiger charge is 2.32. The van der Waals surface area contributed by atoms with E-state index in [-0.39, 0.29) is 25.6 Å². The van der Waals surface area contributed by atoms with Crippen LogP contribution in [0.25, 0.3) is 0 Å². The standard InChI is InChI=1S/C18H20F3N.C18H18F3N.CH4/c2*1-12-9-16(11-17(10-12)18(19,20)21)14(3)22-13(2)15-7-5-4-6-8-15;/h4-11,13-14,22H,1-3H3;4-11,13H,1-3H3;1H4/t13-,14-;13-;/m00./s1. The molecule has 0 aliphatic carbocycles. The highest BCUT2D eigenvalue weighted by atomic mass is 19.4. The normalized spacial score (nSPS) is 14.0. The van der Waals surface area contributed by atoms with Gasteiger partial charge >= 0.3 is 12.4 Å². The zero-order valence-electron chi connectivity index (χ0n) is 25.7. The van der Waals surface area contributed by atoms with E-state index in [1.165, 1.54) is 12.1 Å². The Hall–Kier alpha value is -3.91. The van der Waals surface area contributed by atoms with Crippen molar-refractivity contribution in [1.82, 2.24) is 5.32 Å². The second kappa shape index (κ2) is 15.9. The second-order valence-electron chi connectivity index (χ2n) is 11.0. The van der Waals surface area contributed by atoms with Crippen LogP contribution in [-0.2, 0) is 12.4 Å². The van der Waals surface area contributed by atoms with E-state index in [4.69, 9.17) is 0 Å². The molecule has 2 nitrogen and oxygen atoms in total. The number of halogens is 6. The van der Waals surface area contributed by atoms with Gasteiger partial charge in [-0.15, -0.1) is 0 Å². The Labute approximate surface area is 263 Å². The summed E-state index contributed by atoms with van der Waals surface area (Å²) >= 11 is 0. The highest BCUT2D eigenvalue weighted by molar-refractivity contribution is 5.99. The molecule has 242 valence electrons. The molecule has 0 radical (unpaired) electrons. The highest BCUT2D eigenvalue weighted by Crippen LogP contribution is 2.33. The van der Waals surface area contributed by atoms with E-state index in [1.54, 1.807) is 32.9 Å². The lowest BCUT2D eigenvalue weighted by atomic mass is 10.00. The third-order valence-corrected chi connectivity index (χ3v) is 7.22. The smallest absolute Gasteiger partial charge is 0.304 e. The largest absolute Gasteiger partial charge is 0.416 e. The summed E-state index contributed by atoms with van der Waals surface area (Å²) in [4.78, 5) is 4.53. The molecule has 1 N–H and O–H groups in total. The maximum atomic E-state index is 12.9. The van der Waals surface area contributed by atoms with Crippen molar-refractivity contribution < 1.29 is 26.3 Å². The van der Waals surface area contributed by atoms with Crippen molar-refractivity contribution in [2.75, 3.05) is 0 Å². The third-order valence-electron chi connectivity index (χ3n) is 7.22. The Morgan fingerprint density at radius 1 is 0.600 bits per heavy atom. The monoisotopic (exact) mass is 628 g/mol. The maximum Gasteiger partial charge on any atom is 0.416 e. The Bertz CT molecular complexity index is 1530. The Morgan fingerprint density at radius 2 is 1.04 bits per heavy atom. The molecular weight excluding hydrogens is 586 g/mol. The van der Waals surface area contributed by atoms with Crippen LogP contribution in [0.4, 0.5) is 26.3 Å². The first kappa shape index (κ1) is 37.3. The number of hydrogen-bond donors (Lipinski definition) is 1. The van der Waals surface area contributed by atoms with Gasteiger partial charge in [-0.3, -0.25) is 4.99 Å². The summed E-state index contributed by atoms with van der Waals surface area (Å²) in [5.74, 6) is 0. The lowest BCUT2D eigenvalue weighted by molar-refractivity contribution is -0.138. The van der Waals surface area contributed by atoms with Gasteiger partial charge < -0.3 is 5.32 Å². The quantitative estimate of drug-likeness (QED) is 0.160. The molecule has 4 rings (SSSR count). The van der Waals surface area contributed by atoms with Crippen LogP contribution in [0.5, 0.6) is 0 Å². The molecule has 0 aliphatic heterocycles. The van der Waals surface area contributed by atoms with Crippen molar-refractivity contribution in [3.05, 3.63) is 142 Å². The van der Waals surface area contributed by atoms with Crippen LogP contribution in [-0.4, -0.2) is 5.71 Å². The fraction of sp³-hybridized carbons (Fsp3) is 0.324. The minimum absolute atomic E-state index is 0. The minimum atomic E-state index is -4.34. The van der Waals surface area contributed by atoms with Gasteiger partial charge in [-0.2, -0.15) is 26.3 Å². The Balaban J connectivity index is 0.000000307. The van der Waals surface area contributed by atoms with E-state index in [0.29, 0.717) is 28.0 Å². The van der Waals surface area contributed by atoms with E-state index < -0.39 is 23.5 Å². The minimum Gasteiger partial charge on any atom is -0.304 e. The molecule has 8 heteroatoms. The molecular formula is C37H42F6N2. The number of hydrogen-bond acceptors (Lipinski definition) is 2. The van der Waals surface area contributed by atoms with Gasteiger partial charge in [-0.05, 0) is 93.6 Å². The van der Waals surface area contributed by atoms with Gasteiger partial charge in [0.1, 0.15) is 0 Å². The fourth-order valence-corrected chi connectivity index (χ4v) is 4.86. The third kappa shape index (κ3) is 11.2. The Kier molecular flexibility index (Phi) is 13.2. The van der Waals surface area contributed by atoms with Crippen molar-refractivity contribution in [3.8, 4) is 0 Å². The number of aryl methyl sites for hydroxylation is 2. The van der Waals surface area contributed by atoms with E-state index >= 15 is 0 Å². The van der Waals surface area contributed by atoms with Crippen molar-refractivity contribution in [2.45, 2.75) is 79.4 Å². The number of nitrogens with one attached hydrogen (secondary N) is 1. The molecule has 0 unspecified atom stereocenters. The lowest BCUT2D eigenvalue weighted by Crippen LogP contribution is -2.23. The lowest BCUT2D eigenvalue weighted by Gasteiger charge is -2.22. The first-order valence-corrected chi connectivity index (χ1v) is 14.3. The number of rotatable bonds is 7. The average Bonchev–Trinajstić information content (AvgIpc) is 2.96. The predicted octanol–water partition coefficient (Wildman–Crippen LogP) is 11.6. The fourth-order valence-electron chi connectivity index (χ4n) is 4.86. The van der Waals surface area contributed by atoms with Crippen molar-refractivity contribution >= 4 is 5.71 Å². The van der Waals surface area contributed by atoms with Gasteiger partial charge in [-0.25, -0.2) is 0 Å². The number of nitrogens with zero attached hydrogens (tertiary/aromatic N) is 1. The molecule has 4 aromatic rings. The SMILES string of the molecule is C.CC(=N[C@@H](C)c1ccccc1)c1cc(C)cc(C(F)(F)F)c1.Cc1cc([C@H](C)N[C@@H](C)c2ccccc2)cc(C(F)(F)F)c1. The molecule has 0 amide bonds. The summed E-state index contributed by atoms with van der Waals surface area (Å²) in [5, 5.41) is 3.35. The van der Waals surface area contributed by atoms with Crippen LogP contribution in [0.15, 0.2) is 102 Å². The topological polar surface area (TPSA) is 24.4 Å². The van der Waals surface area contributed by atoms with Crippen molar-refractivity contribution in [3.63, 3.8) is 0 Å². The summed E-state index contributed by atoms with van der Waals surface area (Å²) in [6, 6.07) is 27.5. The van der Waals surface area contributed by atoms with Crippen LogP contribution in [0.3, 0.4) is 0 Å². The summed E-state index contributed by atoms with van der Waals surface area (Å²) in [6.45, 7) is 10.9. The molecule has 45 heavy (non-hydrogen) atoms. The second-order valence-corrected chi connectivity index (χ2v) is 11.0. The Morgan fingerprint density at radius 3 is 1.56 bits per heavy atom. The van der Waals surface area contributed by atoms with Gasteiger partial charge in [0.25, 0.3) is 0 Å². The zero-order chi connectivity index (χ0) is 32.7. The summed E-state index contributed by atoms with van der Waals surface area (Å²) < 4.78 is 77.5. The average molecular weight is 629 g/mol. The van der Waals surface area contributed by atoms with Gasteiger partial charge in [0.15, 0.2) is 0 Å². The van der Waals surface area contributed by atoms with Crippen LogP contribution in [0, 0.1) is 13.8 Å². The molecule has 0 heterocycles. The van der Waals surface area contributed by atoms with Gasteiger partial charge in [-0.1, -0.05) is 85.8 Å². The molecule has 0 saturated carbocycles. The van der Waals surface area contributed by atoms with Gasteiger partial charge in [0.05, 0.1) is 17.2 Å². The summed E-state index contributed by atoms with van der Waals surface area (Å²) in [7, 11) is 0. The maximum absolute atomic E-state index is 12.9. The van der Waals surface area contributed by atoms with Crippen LogP contribution in [0.1, 0.15) is 97.8 Å². The van der Waals surface area contributed by atoms with Crippen LogP contribution in [0.2, 0.25) is 0 Å². The summed E-state index contributed by atoms with van der Waals surface area (Å²) in [5.41, 5.74) is 3.87. The molecule has 0 aromatic heterocycles. The number of benzene rings is 4.